The normalized spacial score (nSPS) is 20.5. The molecule has 1 saturated carbocycles. The summed E-state index contributed by atoms with van der Waals surface area (Å²) in [7, 11) is 0. The van der Waals surface area contributed by atoms with Crippen molar-refractivity contribution in [2.45, 2.75) is 31.6 Å². The van der Waals surface area contributed by atoms with Gasteiger partial charge in [-0.1, -0.05) is 11.8 Å². The summed E-state index contributed by atoms with van der Waals surface area (Å²) in [6, 6.07) is 1.88. The second-order valence-corrected chi connectivity index (χ2v) is 6.72. The molecule has 0 aromatic carbocycles. The second-order valence-electron chi connectivity index (χ2n) is 5.89. The van der Waals surface area contributed by atoms with Crippen molar-refractivity contribution in [1.82, 2.24) is 20.4 Å². The maximum atomic E-state index is 12.1. The molecule has 2 aliphatic heterocycles. The molecule has 1 aliphatic carbocycles. The molecule has 0 saturated heterocycles. The maximum absolute atomic E-state index is 12.1. The first-order valence-electron chi connectivity index (χ1n) is 7.82. The average Bonchev–Trinajstić information content (AvgIpc) is 3.13. The van der Waals surface area contributed by atoms with Crippen LogP contribution >= 0.6 is 11.8 Å². The molecule has 2 N–H and O–H groups in total. The van der Waals surface area contributed by atoms with E-state index in [4.69, 9.17) is 0 Å². The molecule has 22 heavy (non-hydrogen) atoms. The number of amides is 1. The molecule has 0 spiro atoms. The predicted molar refractivity (Wildman–Crippen MR) is 86.8 cm³/mol. The van der Waals surface area contributed by atoms with Crippen molar-refractivity contribution in [3.8, 4) is 0 Å². The van der Waals surface area contributed by atoms with E-state index in [2.05, 4.69) is 30.8 Å². The Labute approximate surface area is 133 Å². The number of H-pyrrole nitrogens is 1. The van der Waals surface area contributed by atoms with E-state index < -0.39 is 0 Å². The minimum Gasteiger partial charge on any atom is -0.350 e. The lowest BCUT2D eigenvalue weighted by Crippen LogP contribution is -2.32. The van der Waals surface area contributed by atoms with Crippen LogP contribution in [0.4, 0.5) is 0 Å². The third kappa shape index (κ3) is 2.77. The van der Waals surface area contributed by atoms with Gasteiger partial charge in [0.15, 0.2) is 5.17 Å². The summed E-state index contributed by atoms with van der Waals surface area (Å²) in [4.78, 5) is 18.9. The quantitative estimate of drug-likeness (QED) is 0.872. The van der Waals surface area contributed by atoms with Gasteiger partial charge < -0.3 is 10.2 Å². The van der Waals surface area contributed by atoms with E-state index in [9.17, 15) is 4.79 Å². The molecule has 3 aliphatic rings. The van der Waals surface area contributed by atoms with E-state index in [1.54, 1.807) is 11.8 Å². The summed E-state index contributed by atoms with van der Waals surface area (Å²) in [5, 5.41) is 13.3. The average molecular weight is 317 g/mol. The van der Waals surface area contributed by atoms with E-state index in [1.807, 2.05) is 6.07 Å². The number of hydrogen-bond donors (Lipinski definition) is 2. The molecule has 1 aromatic heterocycles. The zero-order valence-corrected chi connectivity index (χ0v) is 13.2. The fraction of sp³-hybridized carbons (Fsp3) is 0.533. The molecule has 1 amide bonds. The number of nitrogens with one attached hydrogen (secondary N) is 2. The highest BCUT2D eigenvalue weighted by Crippen LogP contribution is 2.39. The summed E-state index contributed by atoms with van der Waals surface area (Å²) in [6.07, 6.45) is 4.34. The van der Waals surface area contributed by atoms with Crippen LogP contribution in [0.25, 0.3) is 0 Å². The Bertz CT molecular complexity index is 646. The van der Waals surface area contributed by atoms with Gasteiger partial charge in [-0.3, -0.25) is 14.9 Å². The van der Waals surface area contributed by atoms with Crippen molar-refractivity contribution in [2.24, 2.45) is 4.99 Å². The van der Waals surface area contributed by atoms with Crippen molar-refractivity contribution < 1.29 is 4.79 Å². The zero-order chi connectivity index (χ0) is 14.9. The van der Waals surface area contributed by atoms with Crippen molar-refractivity contribution in [1.29, 1.82) is 0 Å². The molecule has 1 aromatic rings. The number of carbonyl (C=O) groups excluding carboxylic acids is 1. The fourth-order valence-corrected chi connectivity index (χ4v) is 3.77. The summed E-state index contributed by atoms with van der Waals surface area (Å²) in [5.74, 6) is 0.494. The van der Waals surface area contributed by atoms with Crippen LogP contribution in [0.5, 0.6) is 0 Å². The van der Waals surface area contributed by atoms with Crippen LogP contribution in [0.2, 0.25) is 0 Å². The van der Waals surface area contributed by atoms with Crippen molar-refractivity contribution in [3.63, 3.8) is 0 Å². The number of rotatable bonds is 5. The molecule has 7 heteroatoms. The first-order chi connectivity index (χ1) is 10.8. The monoisotopic (exact) mass is 317 g/mol. The minimum atomic E-state index is -0.0954. The van der Waals surface area contributed by atoms with Crippen LogP contribution in [0.1, 0.15) is 47.8 Å². The van der Waals surface area contributed by atoms with Crippen LogP contribution in [-0.2, 0) is 0 Å². The SMILES string of the molecule is O=C(NCCC1=CSC2=NCCCN12)c1cc(C2CC2)[nH]n1. The Balaban J connectivity index is 1.28. The Kier molecular flexibility index (Phi) is 3.65. The van der Waals surface area contributed by atoms with Gasteiger partial charge in [0.1, 0.15) is 5.69 Å². The zero-order valence-electron chi connectivity index (χ0n) is 12.3. The van der Waals surface area contributed by atoms with E-state index in [-0.39, 0.29) is 5.91 Å². The smallest absolute Gasteiger partial charge is 0.271 e. The number of thioether (sulfide) groups is 1. The van der Waals surface area contributed by atoms with E-state index in [0.717, 1.165) is 36.8 Å². The number of aromatic nitrogens is 2. The molecule has 116 valence electrons. The molecule has 4 rings (SSSR count). The van der Waals surface area contributed by atoms with Gasteiger partial charge in [0.05, 0.1) is 0 Å². The molecule has 0 radical (unpaired) electrons. The molecule has 3 heterocycles. The number of amidine groups is 1. The minimum absolute atomic E-state index is 0.0954. The van der Waals surface area contributed by atoms with E-state index in [1.165, 1.54) is 18.5 Å². The van der Waals surface area contributed by atoms with E-state index >= 15 is 0 Å². The van der Waals surface area contributed by atoms with Gasteiger partial charge in [0.2, 0.25) is 0 Å². The number of aliphatic imine (C=N–C) groups is 1. The maximum Gasteiger partial charge on any atom is 0.271 e. The predicted octanol–water partition coefficient (Wildman–Crippen LogP) is 2.06. The molecule has 0 atom stereocenters. The lowest BCUT2D eigenvalue weighted by molar-refractivity contribution is 0.0948. The second kappa shape index (κ2) is 5.79. The fourth-order valence-electron chi connectivity index (χ4n) is 2.78. The van der Waals surface area contributed by atoms with Crippen molar-refractivity contribution in [3.05, 3.63) is 28.6 Å². The molecule has 1 fully saturated rings. The van der Waals surface area contributed by atoms with Gasteiger partial charge in [0.25, 0.3) is 5.91 Å². The van der Waals surface area contributed by atoms with Crippen molar-refractivity contribution >= 4 is 22.8 Å². The van der Waals surface area contributed by atoms with Gasteiger partial charge in [-0.05, 0) is 30.7 Å². The third-order valence-corrected chi connectivity index (χ3v) is 5.13. The van der Waals surface area contributed by atoms with E-state index in [0.29, 0.717) is 18.2 Å². The summed E-state index contributed by atoms with van der Waals surface area (Å²) in [6.45, 7) is 2.59. The lowest BCUT2D eigenvalue weighted by atomic mass is 10.2. The van der Waals surface area contributed by atoms with Gasteiger partial charge in [-0.15, -0.1) is 0 Å². The molecular formula is C15H19N5OS. The third-order valence-electron chi connectivity index (χ3n) is 4.18. The number of aromatic amines is 1. The Morgan fingerprint density at radius 1 is 1.50 bits per heavy atom. The van der Waals surface area contributed by atoms with Gasteiger partial charge in [-0.2, -0.15) is 5.10 Å². The Morgan fingerprint density at radius 2 is 2.41 bits per heavy atom. The standard InChI is InChI=1S/C15H19N5OS/c21-14(13-8-12(18-19-13)10-2-3-10)16-6-4-11-9-22-15-17-5-1-7-20(11)15/h8-10H,1-7H2,(H,16,21)(H,18,19). The number of carbonyl (C=O) groups is 1. The van der Waals surface area contributed by atoms with Crippen LogP contribution in [-0.4, -0.2) is 45.8 Å². The van der Waals surface area contributed by atoms with Crippen LogP contribution in [0.15, 0.2) is 22.2 Å². The van der Waals surface area contributed by atoms with Crippen LogP contribution in [0, 0.1) is 0 Å². The van der Waals surface area contributed by atoms with Gasteiger partial charge in [0, 0.05) is 43.4 Å². The number of nitrogens with zero attached hydrogens (tertiary/aromatic N) is 3. The first-order valence-corrected chi connectivity index (χ1v) is 8.70. The Morgan fingerprint density at radius 3 is 3.27 bits per heavy atom. The highest BCUT2D eigenvalue weighted by molar-refractivity contribution is 8.16. The molecule has 0 unspecified atom stereocenters. The van der Waals surface area contributed by atoms with Gasteiger partial charge in [-0.25, -0.2) is 0 Å². The molecule has 6 nitrogen and oxygen atoms in total. The summed E-state index contributed by atoms with van der Waals surface area (Å²) in [5.41, 5.74) is 2.84. The largest absolute Gasteiger partial charge is 0.350 e. The number of fused-ring (bicyclic) bond motifs is 1. The van der Waals surface area contributed by atoms with Gasteiger partial charge >= 0.3 is 0 Å². The lowest BCUT2D eigenvalue weighted by Gasteiger charge is -2.25. The van der Waals surface area contributed by atoms with Crippen molar-refractivity contribution in [2.75, 3.05) is 19.6 Å². The Hall–Kier alpha value is -1.76. The van der Waals surface area contributed by atoms with Crippen LogP contribution in [0.3, 0.4) is 0 Å². The molecular weight excluding hydrogens is 298 g/mol. The summed E-state index contributed by atoms with van der Waals surface area (Å²) < 4.78 is 0. The topological polar surface area (TPSA) is 73.4 Å². The van der Waals surface area contributed by atoms with Crippen LogP contribution < -0.4 is 5.32 Å². The number of hydrogen-bond acceptors (Lipinski definition) is 5. The summed E-state index contributed by atoms with van der Waals surface area (Å²) >= 11 is 1.69. The highest BCUT2D eigenvalue weighted by atomic mass is 32.2. The molecule has 0 bridgehead atoms. The highest BCUT2D eigenvalue weighted by Gasteiger charge is 2.27. The first kappa shape index (κ1) is 13.9.